The van der Waals surface area contributed by atoms with Crippen LogP contribution in [0.1, 0.15) is 30.8 Å². The topological polar surface area (TPSA) is 95.1 Å². The third-order valence-electron chi connectivity index (χ3n) is 1.98. The zero-order chi connectivity index (χ0) is 12.1. The van der Waals surface area contributed by atoms with E-state index in [0.717, 1.165) is 6.20 Å². The van der Waals surface area contributed by atoms with E-state index in [4.69, 9.17) is 5.11 Å². The summed E-state index contributed by atoms with van der Waals surface area (Å²) in [7, 11) is 0. The van der Waals surface area contributed by atoms with Crippen molar-refractivity contribution >= 4 is 5.91 Å². The highest BCUT2D eigenvalue weighted by atomic mass is 16.3. The summed E-state index contributed by atoms with van der Waals surface area (Å²) in [6, 6.07) is -0.152. The number of amides is 1. The smallest absolute Gasteiger partial charge is 0.271 e. The molecule has 16 heavy (non-hydrogen) atoms. The molecule has 0 radical (unpaired) electrons. The van der Waals surface area contributed by atoms with E-state index >= 15 is 0 Å². The van der Waals surface area contributed by atoms with Gasteiger partial charge in [-0.05, 0) is 20.3 Å². The van der Waals surface area contributed by atoms with Crippen LogP contribution in [0.3, 0.4) is 0 Å². The Balaban J connectivity index is 2.58. The fourth-order valence-electron chi connectivity index (χ4n) is 1.33. The van der Waals surface area contributed by atoms with Crippen molar-refractivity contribution in [2.75, 3.05) is 0 Å². The van der Waals surface area contributed by atoms with Crippen molar-refractivity contribution in [3.63, 3.8) is 0 Å². The molecular weight excluding hydrogens is 210 g/mol. The van der Waals surface area contributed by atoms with Crippen molar-refractivity contribution in [1.82, 2.24) is 15.3 Å². The second kappa shape index (κ2) is 5.41. The maximum Gasteiger partial charge on any atom is 0.271 e. The average Bonchev–Trinajstić information content (AvgIpc) is 2.16. The lowest BCUT2D eigenvalue weighted by molar-refractivity contribution is 0.0917. The molecule has 0 aliphatic heterocycles. The molecule has 2 atom stereocenters. The standard InChI is InChI=1S/C10H15N3O3/c1-6(3-7(2)14)13-10(16)8-4-12-9(15)5-11-8/h4-7,14H,3H2,1-2H3,(H,12,15)(H,13,16). The van der Waals surface area contributed by atoms with Crippen LogP contribution in [0.2, 0.25) is 0 Å². The van der Waals surface area contributed by atoms with Gasteiger partial charge in [0.1, 0.15) is 5.69 Å². The Morgan fingerprint density at radius 1 is 1.62 bits per heavy atom. The minimum atomic E-state index is -0.473. The molecule has 0 fully saturated rings. The molecule has 0 aromatic carbocycles. The van der Waals surface area contributed by atoms with Gasteiger partial charge >= 0.3 is 0 Å². The number of aromatic amines is 1. The van der Waals surface area contributed by atoms with Crippen molar-refractivity contribution in [1.29, 1.82) is 0 Å². The molecule has 0 saturated heterocycles. The Morgan fingerprint density at radius 2 is 2.31 bits per heavy atom. The minimum absolute atomic E-state index is 0.150. The van der Waals surface area contributed by atoms with Crippen LogP contribution in [0, 0.1) is 0 Å². The summed E-state index contributed by atoms with van der Waals surface area (Å²) in [5, 5.41) is 11.8. The van der Waals surface area contributed by atoms with Gasteiger partial charge in [0.25, 0.3) is 11.5 Å². The fourth-order valence-corrected chi connectivity index (χ4v) is 1.33. The van der Waals surface area contributed by atoms with E-state index in [1.807, 2.05) is 0 Å². The predicted molar refractivity (Wildman–Crippen MR) is 58.1 cm³/mol. The van der Waals surface area contributed by atoms with E-state index in [1.165, 1.54) is 6.20 Å². The van der Waals surface area contributed by atoms with Crippen molar-refractivity contribution < 1.29 is 9.90 Å². The van der Waals surface area contributed by atoms with Crippen LogP contribution >= 0.6 is 0 Å². The molecule has 1 aromatic heterocycles. The number of nitrogens with one attached hydrogen (secondary N) is 2. The van der Waals surface area contributed by atoms with Crippen LogP contribution in [0.25, 0.3) is 0 Å². The second-order valence-electron chi connectivity index (χ2n) is 3.76. The lowest BCUT2D eigenvalue weighted by Crippen LogP contribution is -2.35. The molecule has 0 aliphatic rings. The lowest BCUT2D eigenvalue weighted by Gasteiger charge is -2.14. The summed E-state index contributed by atoms with van der Waals surface area (Å²) in [6.07, 6.45) is 2.30. The average molecular weight is 225 g/mol. The Hall–Kier alpha value is -1.69. The van der Waals surface area contributed by atoms with Crippen molar-refractivity contribution in [2.45, 2.75) is 32.4 Å². The van der Waals surface area contributed by atoms with E-state index in [2.05, 4.69) is 15.3 Å². The van der Waals surface area contributed by atoms with Gasteiger partial charge < -0.3 is 15.4 Å². The Labute approximate surface area is 92.7 Å². The molecule has 6 nitrogen and oxygen atoms in total. The summed E-state index contributed by atoms with van der Waals surface area (Å²) >= 11 is 0. The number of hydrogen-bond acceptors (Lipinski definition) is 4. The first-order valence-corrected chi connectivity index (χ1v) is 5.02. The maximum absolute atomic E-state index is 11.6. The molecule has 0 saturated carbocycles. The molecule has 1 aromatic rings. The SMILES string of the molecule is CC(O)CC(C)NC(=O)c1c[nH]c(=O)cn1. The van der Waals surface area contributed by atoms with Gasteiger partial charge in [0.05, 0.1) is 12.3 Å². The van der Waals surface area contributed by atoms with Gasteiger partial charge in [-0.2, -0.15) is 0 Å². The second-order valence-corrected chi connectivity index (χ2v) is 3.76. The molecule has 1 amide bonds. The quantitative estimate of drug-likeness (QED) is 0.653. The van der Waals surface area contributed by atoms with Crippen LogP contribution in [-0.4, -0.2) is 33.1 Å². The minimum Gasteiger partial charge on any atom is -0.393 e. The largest absolute Gasteiger partial charge is 0.393 e. The van der Waals surface area contributed by atoms with Crippen LogP contribution in [-0.2, 0) is 0 Å². The summed E-state index contributed by atoms with van der Waals surface area (Å²) < 4.78 is 0. The molecule has 88 valence electrons. The van der Waals surface area contributed by atoms with Gasteiger partial charge in [-0.1, -0.05) is 0 Å². The maximum atomic E-state index is 11.6. The summed E-state index contributed by atoms with van der Waals surface area (Å²) in [5.41, 5.74) is -0.203. The van der Waals surface area contributed by atoms with E-state index < -0.39 is 6.10 Å². The van der Waals surface area contributed by atoms with Crippen molar-refractivity contribution in [2.24, 2.45) is 0 Å². The molecule has 0 bridgehead atoms. The Morgan fingerprint density at radius 3 is 2.81 bits per heavy atom. The first-order chi connectivity index (χ1) is 7.49. The lowest BCUT2D eigenvalue weighted by atomic mass is 10.1. The summed E-state index contributed by atoms with van der Waals surface area (Å²) in [6.45, 7) is 3.44. The van der Waals surface area contributed by atoms with Gasteiger partial charge in [-0.25, -0.2) is 4.98 Å². The van der Waals surface area contributed by atoms with E-state index in [-0.39, 0.29) is 23.2 Å². The Bertz CT molecular complexity index is 394. The molecular formula is C10H15N3O3. The number of rotatable bonds is 4. The van der Waals surface area contributed by atoms with E-state index in [0.29, 0.717) is 6.42 Å². The van der Waals surface area contributed by atoms with E-state index in [9.17, 15) is 9.59 Å². The highest BCUT2D eigenvalue weighted by molar-refractivity contribution is 5.92. The number of carbonyl (C=O) groups excluding carboxylic acids is 1. The normalized spacial score (nSPS) is 14.2. The molecule has 1 heterocycles. The highest BCUT2D eigenvalue weighted by Crippen LogP contribution is 1.98. The van der Waals surface area contributed by atoms with Crippen molar-refractivity contribution in [3.05, 3.63) is 28.4 Å². The van der Waals surface area contributed by atoms with Gasteiger partial charge in [-0.3, -0.25) is 9.59 Å². The number of aromatic nitrogens is 2. The third-order valence-corrected chi connectivity index (χ3v) is 1.98. The van der Waals surface area contributed by atoms with Gasteiger partial charge in [0, 0.05) is 12.2 Å². The first-order valence-electron chi connectivity index (χ1n) is 5.02. The zero-order valence-electron chi connectivity index (χ0n) is 9.23. The van der Waals surface area contributed by atoms with Gasteiger partial charge in [0.2, 0.25) is 0 Å². The molecule has 0 spiro atoms. The van der Waals surface area contributed by atoms with Crippen molar-refractivity contribution in [3.8, 4) is 0 Å². The molecule has 0 aliphatic carbocycles. The molecule has 2 unspecified atom stereocenters. The van der Waals surface area contributed by atoms with Crippen LogP contribution < -0.4 is 10.9 Å². The van der Waals surface area contributed by atoms with Gasteiger partial charge in [0.15, 0.2) is 0 Å². The molecule has 3 N–H and O–H groups in total. The predicted octanol–water partition coefficient (Wildman–Crippen LogP) is -0.341. The highest BCUT2D eigenvalue weighted by Gasteiger charge is 2.12. The van der Waals surface area contributed by atoms with Crippen LogP contribution in [0.5, 0.6) is 0 Å². The first kappa shape index (κ1) is 12.4. The number of hydrogen-bond donors (Lipinski definition) is 3. The van der Waals surface area contributed by atoms with E-state index in [1.54, 1.807) is 13.8 Å². The summed E-state index contributed by atoms with van der Waals surface area (Å²) in [5.74, 6) is -0.371. The molecule has 6 heteroatoms. The van der Waals surface area contributed by atoms with Crippen LogP contribution in [0.15, 0.2) is 17.2 Å². The number of aliphatic hydroxyl groups is 1. The fraction of sp³-hybridized carbons (Fsp3) is 0.500. The molecule has 1 rings (SSSR count). The van der Waals surface area contributed by atoms with Gasteiger partial charge in [-0.15, -0.1) is 0 Å². The zero-order valence-corrected chi connectivity index (χ0v) is 9.23. The number of H-pyrrole nitrogens is 1. The third kappa shape index (κ3) is 3.82. The monoisotopic (exact) mass is 225 g/mol. The number of nitrogens with zero attached hydrogens (tertiary/aromatic N) is 1. The van der Waals surface area contributed by atoms with Crippen LogP contribution in [0.4, 0.5) is 0 Å². The Kier molecular flexibility index (Phi) is 4.19. The number of carbonyl (C=O) groups is 1. The number of aliphatic hydroxyl groups excluding tert-OH is 1. The summed E-state index contributed by atoms with van der Waals surface area (Å²) in [4.78, 5) is 28.4.